The maximum Gasteiger partial charge on any atom is 0.278 e. The second kappa shape index (κ2) is 10.4. The van der Waals surface area contributed by atoms with Crippen LogP contribution in [0.1, 0.15) is 13.3 Å². The molecule has 0 aliphatic carbocycles. The molecule has 2 saturated heterocycles. The zero-order valence-electron chi connectivity index (χ0n) is 17.0. The Morgan fingerprint density at radius 3 is 2.36 bits per heavy atom. The number of aromatic amines is 1. The zero-order valence-corrected chi connectivity index (χ0v) is 17.0. The highest BCUT2D eigenvalue weighted by Gasteiger charge is 2.30. The fraction of sp³-hybridized carbons (Fsp3) is 0.650. The molecule has 3 heterocycles. The summed E-state index contributed by atoms with van der Waals surface area (Å²) in [4.78, 5) is 34.8. The summed E-state index contributed by atoms with van der Waals surface area (Å²) in [5.41, 5.74) is 0. The van der Waals surface area contributed by atoms with Gasteiger partial charge in [-0.05, 0) is 12.5 Å². The first-order chi connectivity index (χ1) is 13.7. The van der Waals surface area contributed by atoms with Crippen LogP contribution >= 0.6 is 0 Å². The van der Waals surface area contributed by atoms with E-state index in [4.69, 9.17) is 0 Å². The molecule has 0 bridgehead atoms. The molecule has 0 radical (unpaired) electrons. The number of H-pyrrole nitrogens is 1. The highest BCUT2D eigenvalue weighted by Crippen LogP contribution is 2.04. The van der Waals surface area contributed by atoms with E-state index in [1.54, 1.807) is 0 Å². The van der Waals surface area contributed by atoms with Crippen LogP contribution in [-0.4, -0.2) is 88.7 Å². The van der Waals surface area contributed by atoms with Crippen molar-refractivity contribution < 1.29 is 24.4 Å². The number of carbonyl (C=O) groups is 2. The number of rotatable bonds is 7. The van der Waals surface area contributed by atoms with Crippen molar-refractivity contribution in [3.63, 3.8) is 0 Å². The van der Waals surface area contributed by atoms with E-state index in [1.165, 1.54) is 9.80 Å². The van der Waals surface area contributed by atoms with E-state index in [2.05, 4.69) is 28.2 Å². The lowest BCUT2D eigenvalue weighted by molar-refractivity contribution is -0.898. The number of aromatic nitrogens is 1. The third-order valence-corrected chi connectivity index (χ3v) is 5.71. The van der Waals surface area contributed by atoms with Crippen molar-refractivity contribution in [1.82, 2.24) is 10.2 Å². The summed E-state index contributed by atoms with van der Waals surface area (Å²) in [6.07, 6.45) is 2.91. The van der Waals surface area contributed by atoms with E-state index in [-0.39, 0.29) is 11.8 Å². The number of piperazine rings is 2. The predicted molar refractivity (Wildman–Crippen MR) is 106 cm³/mol. The van der Waals surface area contributed by atoms with Gasteiger partial charge in [0.15, 0.2) is 13.1 Å². The molecule has 0 aromatic carbocycles. The molecule has 0 unspecified atom stereocenters. The Hall–Kier alpha value is -2.19. The van der Waals surface area contributed by atoms with Gasteiger partial charge in [-0.1, -0.05) is 13.0 Å². The molecule has 2 amide bonds. The van der Waals surface area contributed by atoms with Gasteiger partial charge in [0.25, 0.3) is 17.6 Å². The fourth-order valence-electron chi connectivity index (χ4n) is 3.95. The highest BCUT2D eigenvalue weighted by molar-refractivity contribution is 5.77. The smallest absolute Gasteiger partial charge is 0.278 e. The van der Waals surface area contributed by atoms with Crippen molar-refractivity contribution in [3.05, 3.63) is 24.4 Å². The summed E-state index contributed by atoms with van der Waals surface area (Å²) in [6, 6.07) is 6.13. The number of pyridine rings is 1. The molecular weight excluding hydrogens is 356 g/mol. The van der Waals surface area contributed by atoms with Crippen molar-refractivity contribution in [2.24, 2.45) is 0 Å². The minimum absolute atomic E-state index is 0.120. The SMILES string of the molecule is CCCNC(=O)C[NH+]1CCN(C(=O)C[NH+]2CCN(c3cccc[nH+]3)CC2)CC1. The van der Waals surface area contributed by atoms with E-state index in [1.807, 2.05) is 23.2 Å². The molecule has 4 N–H and O–H groups in total. The number of nitrogens with zero attached hydrogens (tertiary/aromatic N) is 2. The highest BCUT2D eigenvalue weighted by atomic mass is 16.2. The average Bonchev–Trinajstić information content (AvgIpc) is 2.74. The molecule has 2 aliphatic rings. The predicted octanol–water partition coefficient (Wildman–Crippen LogP) is -3.54. The normalized spacial score (nSPS) is 18.9. The molecule has 8 nitrogen and oxygen atoms in total. The first-order valence-electron chi connectivity index (χ1n) is 10.6. The van der Waals surface area contributed by atoms with E-state index in [0.29, 0.717) is 13.1 Å². The first-order valence-corrected chi connectivity index (χ1v) is 10.6. The Bertz CT molecular complexity index is 625. The van der Waals surface area contributed by atoms with Gasteiger partial charge in [0.2, 0.25) is 0 Å². The van der Waals surface area contributed by atoms with Crippen LogP contribution in [0.3, 0.4) is 0 Å². The molecule has 0 atom stereocenters. The van der Waals surface area contributed by atoms with E-state index in [9.17, 15) is 9.59 Å². The van der Waals surface area contributed by atoms with Crippen molar-refractivity contribution in [2.45, 2.75) is 13.3 Å². The van der Waals surface area contributed by atoms with Crippen LogP contribution in [0.2, 0.25) is 0 Å². The number of nitrogens with one attached hydrogen (secondary N) is 4. The molecule has 28 heavy (non-hydrogen) atoms. The van der Waals surface area contributed by atoms with Gasteiger partial charge < -0.3 is 20.0 Å². The Balaban J connectivity index is 1.35. The van der Waals surface area contributed by atoms with Crippen molar-refractivity contribution in [1.29, 1.82) is 0 Å². The van der Waals surface area contributed by atoms with E-state index >= 15 is 0 Å². The number of amides is 2. The molecule has 0 saturated carbocycles. The molecular formula is C20H35N6O2+3. The minimum atomic E-state index is 0.120. The zero-order chi connectivity index (χ0) is 19.8. The number of hydrogen-bond acceptors (Lipinski definition) is 3. The Morgan fingerprint density at radius 1 is 1.04 bits per heavy atom. The lowest BCUT2D eigenvalue weighted by atomic mass is 10.2. The molecule has 8 heteroatoms. The number of quaternary nitrogens is 2. The molecule has 2 fully saturated rings. The summed E-state index contributed by atoms with van der Waals surface area (Å²) >= 11 is 0. The van der Waals surface area contributed by atoms with Gasteiger partial charge in [-0.25, -0.2) is 4.98 Å². The minimum Gasteiger partial charge on any atom is -0.351 e. The van der Waals surface area contributed by atoms with Crippen LogP contribution in [0.15, 0.2) is 24.4 Å². The van der Waals surface area contributed by atoms with Gasteiger partial charge in [0, 0.05) is 12.6 Å². The van der Waals surface area contributed by atoms with Crippen LogP contribution in [0.25, 0.3) is 0 Å². The van der Waals surface area contributed by atoms with E-state index in [0.717, 1.165) is 71.1 Å². The molecule has 1 aromatic heterocycles. The van der Waals surface area contributed by atoms with Crippen LogP contribution in [0.4, 0.5) is 5.82 Å². The second-order valence-electron chi connectivity index (χ2n) is 7.82. The van der Waals surface area contributed by atoms with Crippen LogP contribution < -0.4 is 25.0 Å². The molecule has 3 rings (SSSR count). The monoisotopic (exact) mass is 391 g/mol. The molecule has 154 valence electrons. The second-order valence-corrected chi connectivity index (χ2v) is 7.82. The maximum absolute atomic E-state index is 12.7. The van der Waals surface area contributed by atoms with Crippen molar-refractivity contribution in [2.75, 3.05) is 76.9 Å². The Kier molecular flexibility index (Phi) is 7.62. The van der Waals surface area contributed by atoms with Gasteiger partial charge in [-0.3, -0.25) is 14.5 Å². The topological polar surface area (TPSA) is 75.7 Å². The third-order valence-electron chi connectivity index (χ3n) is 5.71. The Morgan fingerprint density at radius 2 is 1.71 bits per heavy atom. The number of carbonyl (C=O) groups excluding carboxylic acids is 2. The van der Waals surface area contributed by atoms with Crippen LogP contribution in [-0.2, 0) is 9.59 Å². The summed E-state index contributed by atoms with van der Waals surface area (Å²) in [5, 5.41) is 2.93. The van der Waals surface area contributed by atoms with Crippen LogP contribution in [0, 0.1) is 0 Å². The van der Waals surface area contributed by atoms with Crippen molar-refractivity contribution >= 4 is 17.6 Å². The lowest BCUT2D eigenvalue weighted by Gasteiger charge is -2.33. The summed E-state index contributed by atoms with van der Waals surface area (Å²) in [6.45, 7) is 11.0. The standard InChI is InChI=1S/C20H32N6O2/c1-2-6-22-19(27)16-23-10-14-26(15-11-23)20(28)17-24-8-12-25(13-9-24)18-5-3-4-7-21-18/h3-5,7H,2,6,8-17H2,1H3,(H,22,27)/p+3. The van der Waals surface area contributed by atoms with Crippen molar-refractivity contribution in [3.8, 4) is 0 Å². The lowest BCUT2D eigenvalue weighted by Crippen LogP contribution is -3.17. The van der Waals surface area contributed by atoms with Crippen LogP contribution in [0.5, 0.6) is 0 Å². The molecule has 1 aromatic rings. The molecule has 0 spiro atoms. The first kappa shape index (κ1) is 20.5. The Labute approximate surface area is 167 Å². The van der Waals surface area contributed by atoms with Gasteiger partial charge in [0.1, 0.15) is 26.2 Å². The molecule has 2 aliphatic heterocycles. The summed E-state index contributed by atoms with van der Waals surface area (Å²) in [5.74, 6) is 1.52. The average molecular weight is 392 g/mol. The number of hydrogen-bond donors (Lipinski definition) is 3. The fourth-order valence-corrected chi connectivity index (χ4v) is 3.95. The number of anilines is 1. The maximum atomic E-state index is 12.7. The van der Waals surface area contributed by atoms with Gasteiger partial charge in [-0.2, -0.15) is 0 Å². The van der Waals surface area contributed by atoms with Gasteiger partial charge in [0.05, 0.1) is 32.4 Å². The largest absolute Gasteiger partial charge is 0.351 e. The van der Waals surface area contributed by atoms with Gasteiger partial charge in [-0.15, -0.1) is 0 Å². The summed E-state index contributed by atoms with van der Waals surface area (Å²) < 4.78 is 0. The van der Waals surface area contributed by atoms with E-state index < -0.39 is 0 Å². The quantitative estimate of drug-likeness (QED) is 0.451. The third kappa shape index (κ3) is 5.90. The summed E-state index contributed by atoms with van der Waals surface area (Å²) in [7, 11) is 0. The van der Waals surface area contributed by atoms with Gasteiger partial charge >= 0.3 is 0 Å².